The highest BCUT2D eigenvalue weighted by molar-refractivity contribution is 7.88. The molecule has 0 aliphatic rings. The van der Waals surface area contributed by atoms with Gasteiger partial charge in [-0.1, -0.05) is 30.3 Å². The van der Waals surface area contributed by atoms with Crippen molar-refractivity contribution in [2.24, 2.45) is 0 Å². The van der Waals surface area contributed by atoms with Gasteiger partial charge in [0.25, 0.3) is 0 Å². The molecule has 0 spiro atoms. The van der Waals surface area contributed by atoms with E-state index in [1.54, 1.807) is 0 Å². The van der Waals surface area contributed by atoms with Crippen molar-refractivity contribution in [2.45, 2.75) is 11.9 Å². The zero-order valence-corrected chi connectivity index (χ0v) is 14.2. The lowest BCUT2D eigenvalue weighted by Crippen LogP contribution is -2.28. The summed E-state index contributed by atoms with van der Waals surface area (Å²) < 4.78 is 79.3. The first-order chi connectivity index (χ1) is 11.7. The molecule has 0 aromatic heterocycles. The summed E-state index contributed by atoms with van der Waals surface area (Å²) in [6.07, 6.45) is 0.526. The van der Waals surface area contributed by atoms with E-state index < -0.39 is 32.5 Å². The Morgan fingerprint density at radius 1 is 0.920 bits per heavy atom. The number of rotatable bonds is 7. The van der Waals surface area contributed by atoms with E-state index in [0.29, 0.717) is 6.42 Å². The number of alkyl halides is 3. The van der Waals surface area contributed by atoms with Crippen LogP contribution in [0.15, 0.2) is 54.6 Å². The van der Waals surface area contributed by atoms with Crippen molar-refractivity contribution >= 4 is 21.2 Å². The highest BCUT2D eigenvalue weighted by Crippen LogP contribution is 2.28. The van der Waals surface area contributed by atoms with Crippen molar-refractivity contribution < 1.29 is 34.2 Å². The number of aryl methyl sites for hydroxylation is 1. The van der Waals surface area contributed by atoms with Crippen LogP contribution in [0.4, 0.5) is 13.2 Å². The zero-order chi connectivity index (χ0) is 18.5. The van der Waals surface area contributed by atoms with Crippen LogP contribution in [0.2, 0.25) is 0 Å². The van der Waals surface area contributed by atoms with Crippen molar-refractivity contribution in [3.63, 3.8) is 0 Å². The number of halogens is 3. The van der Waals surface area contributed by atoms with Crippen molar-refractivity contribution in [3.05, 3.63) is 60.2 Å². The molecule has 2 aromatic rings. The molecule has 25 heavy (non-hydrogen) atoms. The number of benzene rings is 2. The van der Waals surface area contributed by atoms with E-state index in [0.717, 1.165) is 17.7 Å². The maximum absolute atomic E-state index is 12.2. The summed E-state index contributed by atoms with van der Waals surface area (Å²) in [6, 6.07) is 13.6. The Labute approximate surface area is 145 Å². The molecule has 0 heterocycles. The molecule has 0 N–H and O–H groups in total. The lowest BCUT2D eigenvalue weighted by atomic mass is 10.2. The predicted octanol–water partition coefficient (Wildman–Crippen LogP) is 3.20. The van der Waals surface area contributed by atoms with Crippen molar-refractivity contribution in [1.29, 1.82) is 0 Å². The molecule has 2 aromatic carbocycles. The number of hydrogen-bond acceptors (Lipinski definition) is 5. The molecule has 2 rings (SSSR count). The van der Waals surface area contributed by atoms with Gasteiger partial charge >= 0.3 is 15.6 Å². The summed E-state index contributed by atoms with van der Waals surface area (Å²) >= 11 is -1.65. The van der Waals surface area contributed by atoms with E-state index in [1.165, 1.54) is 12.1 Å². The summed E-state index contributed by atoms with van der Waals surface area (Å²) in [5.74, 6) is -0.187. The summed E-state index contributed by atoms with van der Waals surface area (Å²) in [5.41, 5.74) is -4.53. The number of hydrogen-bond donors (Lipinski definition) is 0. The summed E-state index contributed by atoms with van der Waals surface area (Å²) in [4.78, 5) is 0. The smallest absolute Gasteiger partial charge is 0.401 e. The van der Waals surface area contributed by atoms with Gasteiger partial charge < -0.3 is 8.37 Å². The molecule has 0 saturated carbocycles. The Balaban J connectivity index is 1.91. The van der Waals surface area contributed by atoms with Gasteiger partial charge in [0.2, 0.25) is 11.1 Å². The lowest BCUT2D eigenvalue weighted by molar-refractivity contribution is -0.0500. The molecular formula is C15H13F3O5S2. The topological polar surface area (TPSA) is 69.7 Å². The van der Waals surface area contributed by atoms with Crippen LogP contribution >= 0.6 is 0 Å². The first-order valence-electron chi connectivity index (χ1n) is 6.89. The minimum absolute atomic E-state index is 0.114. The SMILES string of the molecule is O=S(CCc1ccccc1)Oc1ccc(OS(=O)(=O)C(F)(F)F)cc1. The Bertz CT molecular complexity index is 818. The molecule has 5 nitrogen and oxygen atoms in total. The second kappa shape index (κ2) is 7.87. The van der Waals surface area contributed by atoms with Crippen LogP contribution in [-0.2, 0) is 27.6 Å². The van der Waals surface area contributed by atoms with Gasteiger partial charge in [-0.2, -0.15) is 21.6 Å². The van der Waals surface area contributed by atoms with E-state index in [9.17, 15) is 25.8 Å². The van der Waals surface area contributed by atoms with Crippen molar-refractivity contribution in [1.82, 2.24) is 0 Å². The fourth-order valence-corrected chi connectivity index (χ4v) is 2.99. The molecule has 1 unspecified atom stereocenters. The minimum atomic E-state index is -5.73. The molecule has 0 saturated heterocycles. The van der Waals surface area contributed by atoms with Crippen LogP contribution in [0.1, 0.15) is 5.56 Å². The Hall–Kier alpha value is -2.07. The van der Waals surface area contributed by atoms with Crippen LogP contribution in [0.5, 0.6) is 11.5 Å². The van der Waals surface area contributed by atoms with E-state index >= 15 is 0 Å². The highest BCUT2D eigenvalue weighted by Gasteiger charge is 2.48. The first-order valence-corrected chi connectivity index (χ1v) is 9.54. The van der Waals surface area contributed by atoms with Crippen molar-refractivity contribution in [2.75, 3.05) is 5.75 Å². The Morgan fingerprint density at radius 2 is 1.48 bits per heavy atom. The van der Waals surface area contributed by atoms with Gasteiger partial charge in [-0.05, 0) is 36.2 Å². The van der Waals surface area contributed by atoms with Crippen LogP contribution in [-0.4, -0.2) is 23.9 Å². The zero-order valence-electron chi connectivity index (χ0n) is 12.6. The largest absolute Gasteiger partial charge is 0.534 e. The average molecular weight is 394 g/mol. The van der Waals surface area contributed by atoms with Gasteiger partial charge in [0.15, 0.2) is 0 Å². The Morgan fingerprint density at radius 3 is 2.04 bits per heavy atom. The van der Waals surface area contributed by atoms with Crippen LogP contribution in [0, 0.1) is 0 Å². The fourth-order valence-electron chi connectivity index (χ4n) is 1.72. The predicted molar refractivity (Wildman–Crippen MR) is 85.8 cm³/mol. The van der Waals surface area contributed by atoms with E-state index in [4.69, 9.17) is 4.18 Å². The summed E-state index contributed by atoms with van der Waals surface area (Å²) in [6.45, 7) is 0. The van der Waals surface area contributed by atoms with E-state index in [2.05, 4.69) is 4.18 Å². The standard InChI is InChI=1S/C15H13F3O5S2/c16-15(17,18)25(20,21)23-14-8-6-13(7-9-14)22-24(19)11-10-12-4-2-1-3-5-12/h1-9H,10-11H2. The molecule has 10 heteroatoms. The molecule has 0 bridgehead atoms. The van der Waals surface area contributed by atoms with Gasteiger partial charge in [0.05, 0.1) is 5.75 Å². The van der Waals surface area contributed by atoms with Gasteiger partial charge in [-0.15, -0.1) is 0 Å². The maximum atomic E-state index is 12.2. The van der Waals surface area contributed by atoms with Gasteiger partial charge in [-0.25, -0.2) is 4.21 Å². The van der Waals surface area contributed by atoms with E-state index in [-0.39, 0.29) is 11.5 Å². The van der Waals surface area contributed by atoms with Crippen LogP contribution < -0.4 is 8.37 Å². The van der Waals surface area contributed by atoms with Crippen LogP contribution in [0.25, 0.3) is 0 Å². The molecule has 0 amide bonds. The highest BCUT2D eigenvalue weighted by atomic mass is 32.2. The Kier molecular flexibility index (Phi) is 6.07. The monoisotopic (exact) mass is 394 g/mol. The third kappa shape index (κ3) is 5.75. The van der Waals surface area contributed by atoms with E-state index in [1.807, 2.05) is 30.3 Å². The molecule has 0 aliphatic carbocycles. The molecule has 0 aliphatic heterocycles. The van der Waals surface area contributed by atoms with Gasteiger partial charge in [0, 0.05) is 0 Å². The fraction of sp³-hybridized carbons (Fsp3) is 0.200. The van der Waals surface area contributed by atoms with Crippen LogP contribution in [0.3, 0.4) is 0 Å². The summed E-state index contributed by atoms with van der Waals surface area (Å²) in [5, 5.41) is 0. The molecule has 0 radical (unpaired) electrons. The van der Waals surface area contributed by atoms with Gasteiger partial charge in [-0.3, -0.25) is 0 Å². The molecule has 1 atom stereocenters. The minimum Gasteiger partial charge on any atom is -0.401 e. The summed E-state index contributed by atoms with van der Waals surface area (Å²) in [7, 11) is -5.73. The molecular weight excluding hydrogens is 381 g/mol. The normalized spacial score (nSPS) is 13.2. The second-order valence-electron chi connectivity index (χ2n) is 4.78. The third-order valence-corrected chi connectivity index (χ3v) is 4.80. The molecule has 136 valence electrons. The quantitative estimate of drug-likeness (QED) is 0.533. The molecule has 0 fully saturated rings. The average Bonchev–Trinajstić information content (AvgIpc) is 2.54. The third-order valence-electron chi connectivity index (χ3n) is 2.90. The lowest BCUT2D eigenvalue weighted by Gasteiger charge is -2.10. The van der Waals surface area contributed by atoms with Gasteiger partial charge in [0.1, 0.15) is 11.5 Å². The maximum Gasteiger partial charge on any atom is 0.534 e. The first kappa shape index (κ1) is 19.3. The van der Waals surface area contributed by atoms with Crippen molar-refractivity contribution in [3.8, 4) is 11.5 Å². The second-order valence-corrected chi connectivity index (χ2v) is 7.50.